The van der Waals surface area contributed by atoms with Gasteiger partial charge in [0, 0.05) is 19.6 Å². The van der Waals surface area contributed by atoms with Crippen molar-refractivity contribution in [1.82, 2.24) is 0 Å². The molecule has 0 heterocycles. The second kappa shape index (κ2) is 17.1. The number of alkyl halides is 6. The van der Waals surface area contributed by atoms with Crippen LogP contribution in [0.1, 0.15) is 22.3 Å². The van der Waals surface area contributed by atoms with Crippen LogP contribution < -0.4 is 24.8 Å². The Balaban J connectivity index is 0.000000307. The van der Waals surface area contributed by atoms with Crippen molar-refractivity contribution in [2.75, 3.05) is 25.0 Å². The molecule has 0 saturated carbocycles. The van der Waals surface area contributed by atoms with Gasteiger partial charge in [0.1, 0.15) is 0 Å². The normalized spacial score (nSPS) is 16.3. The number of thioether (sulfide) groups is 4. The monoisotopic (exact) mass is 836 g/mol. The summed E-state index contributed by atoms with van der Waals surface area (Å²) in [6.07, 6.45) is 10.9. The number of fused-ring (bicyclic) bond motifs is 2. The minimum absolute atomic E-state index is 0. The van der Waals surface area contributed by atoms with Crippen LogP contribution in [0.25, 0.3) is 11.1 Å². The molecule has 246 valence electrons. The van der Waals surface area contributed by atoms with Crippen LogP contribution in [0.5, 0.6) is 0 Å². The van der Waals surface area contributed by atoms with Crippen molar-refractivity contribution in [2.24, 2.45) is 0 Å². The summed E-state index contributed by atoms with van der Waals surface area (Å²) < 4.78 is 79.7. The van der Waals surface area contributed by atoms with E-state index in [4.69, 9.17) is 0 Å². The molecule has 0 saturated heterocycles. The Morgan fingerprint density at radius 3 is 1.09 bits per heavy atom. The molecule has 0 aromatic heterocycles. The van der Waals surface area contributed by atoms with E-state index < -0.39 is 23.5 Å². The topological polar surface area (TPSA) is 0 Å². The van der Waals surface area contributed by atoms with Crippen LogP contribution in [0, 0.1) is 0 Å². The first-order valence-electron chi connectivity index (χ1n) is 13.2. The van der Waals surface area contributed by atoms with E-state index in [1.807, 2.05) is 61.5 Å². The van der Waals surface area contributed by atoms with Gasteiger partial charge in [-0.25, -0.2) is 0 Å². The molecule has 0 atom stereocenters. The van der Waals surface area contributed by atoms with E-state index >= 15 is 0 Å². The van der Waals surface area contributed by atoms with Crippen molar-refractivity contribution in [3.05, 3.63) is 149 Å². The molecule has 0 fully saturated rings. The Hall–Kier alpha value is -1.20. The zero-order valence-electron chi connectivity index (χ0n) is 25.2. The summed E-state index contributed by atoms with van der Waals surface area (Å²) in [6, 6.07) is 11.6. The molecule has 47 heavy (non-hydrogen) atoms. The van der Waals surface area contributed by atoms with Gasteiger partial charge in [-0.2, -0.15) is 26.3 Å². The molecular weight excluding hydrogens is 813 g/mol. The van der Waals surface area contributed by atoms with Crippen LogP contribution in [0.3, 0.4) is 0 Å². The minimum atomic E-state index is -4.35. The Bertz CT molecular complexity index is 1650. The number of hydrogen-bond donors (Lipinski definition) is 0. The molecule has 0 bridgehead atoms. The summed E-state index contributed by atoms with van der Waals surface area (Å²) in [7, 11) is 0. The molecule has 0 unspecified atom stereocenters. The van der Waals surface area contributed by atoms with E-state index in [9.17, 15) is 26.3 Å². The van der Waals surface area contributed by atoms with Gasteiger partial charge >= 0.3 is 38.6 Å². The van der Waals surface area contributed by atoms with Crippen LogP contribution in [0.15, 0.2) is 127 Å². The third-order valence-electron chi connectivity index (χ3n) is 7.35. The summed E-state index contributed by atoms with van der Waals surface area (Å²) in [6.45, 7) is 0. The quantitative estimate of drug-likeness (QED) is 0.337. The van der Waals surface area contributed by atoms with Gasteiger partial charge in [-0.15, -0.1) is 47.0 Å². The Morgan fingerprint density at radius 1 is 0.447 bits per heavy atom. The molecule has 13 heteroatoms. The van der Waals surface area contributed by atoms with Crippen LogP contribution >= 0.6 is 47.0 Å². The summed E-state index contributed by atoms with van der Waals surface area (Å²) in [4.78, 5) is 4.18. The number of halogens is 8. The molecule has 6 rings (SSSR count). The number of benzene rings is 2. The zero-order valence-corrected chi connectivity index (χ0v) is 32.5. The van der Waals surface area contributed by atoms with E-state index in [1.165, 1.54) is 12.1 Å². The van der Waals surface area contributed by atoms with Crippen LogP contribution in [0.4, 0.5) is 26.3 Å². The first kappa shape index (κ1) is 42.0. The molecule has 4 aliphatic carbocycles. The SMILES string of the molecule is CSC1=CC2=C(c3ccccc3C(F)(F)F)C=C(SC)C2=C1.CSC1=CC2=C(c3ccccc3C(F)(F)F)C=C(SC)C2=C1.[Cl-].[Cl-].[Zr+2]. The molecule has 0 spiro atoms. The molecule has 0 nitrogen and oxygen atoms in total. The van der Waals surface area contributed by atoms with Gasteiger partial charge in [0.25, 0.3) is 0 Å². The smallest absolute Gasteiger partial charge is 1.00 e. The van der Waals surface area contributed by atoms with Crippen molar-refractivity contribution in [3.8, 4) is 0 Å². The maximum atomic E-state index is 13.3. The number of allylic oxidation sites excluding steroid dienone is 12. The van der Waals surface area contributed by atoms with Gasteiger partial charge in [-0.1, -0.05) is 36.4 Å². The molecule has 2 aromatic rings. The van der Waals surface area contributed by atoms with E-state index in [0.717, 1.165) is 54.0 Å². The van der Waals surface area contributed by atoms with Crippen molar-refractivity contribution < 1.29 is 77.4 Å². The maximum Gasteiger partial charge on any atom is 2.00 e. The van der Waals surface area contributed by atoms with E-state index in [1.54, 1.807) is 71.3 Å². The summed E-state index contributed by atoms with van der Waals surface area (Å²) in [5, 5.41) is 0. The first-order valence-corrected chi connectivity index (χ1v) is 18.1. The predicted molar refractivity (Wildman–Crippen MR) is 179 cm³/mol. The van der Waals surface area contributed by atoms with Crippen LogP contribution in [-0.2, 0) is 38.6 Å². The van der Waals surface area contributed by atoms with Gasteiger partial charge in [-0.05, 0) is 118 Å². The molecule has 0 radical (unpaired) electrons. The average Bonchev–Trinajstić information content (AvgIpc) is 3.76. The average molecular weight is 839 g/mol. The zero-order chi connectivity index (χ0) is 31.8. The fraction of sp³-hybridized carbons (Fsp3) is 0.176. The fourth-order valence-corrected chi connectivity index (χ4v) is 7.53. The van der Waals surface area contributed by atoms with Crippen molar-refractivity contribution in [1.29, 1.82) is 0 Å². The van der Waals surface area contributed by atoms with E-state index in [2.05, 4.69) is 0 Å². The minimum Gasteiger partial charge on any atom is -1.00 e. The second-order valence-electron chi connectivity index (χ2n) is 9.78. The van der Waals surface area contributed by atoms with E-state index in [-0.39, 0.29) is 62.1 Å². The molecule has 0 amide bonds. The predicted octanol–water partition coefficient (Wildman–Crippen LogP) is 5.82. The number of hydrogen-bond acceptors (Lipinski definition) is 4. The van der Waals surface area contributed by atoms with Crippen LogP contribution in [-0.4, -0.2) is 25.0 Å². The Kier molecular flexibility index (Phi) is 15.3. The van der Waals surface area contributed by atoms with Gasteiger partial charge in [0.15, 0.2) is 0 Å². The van der Waals surface area contributed by atoms with Gasteiger partial charge in [0.05, 0.1) is 11.1 Å². The third-order valence-corrected chi connectivity index (χ3v) is 10.3. The Labute approximate surface area is 319 Å². The van der Waals surface area contributed by atoms with Gasteiger partial charge < -0.3 is 24.8 Å². The second-order valence-corrected chi connectivity index (χ2v) is 13.2. The Morgan fingerprint density at radius 2 is 0.787 bits per heavy atom. The molecule has 2 aromatic carbocycles. The molecule has 4 aliphatic rings. The van der Waals surface area contributed by atoms with Crippen molar-refractivity contribution in [2.45, 2.75) is 12.4 Å². The molecule has 0 N–H and O–H groups in total. The summed E-state index contributed by atoms with van der Waals surface area (Å²) >= 11 is 6.32. The van der Waals surface area contributed by atoms with Gasteiger partial charge in [-0.3, -0.25) is 0 Å². The molecule has 0 aliphatic heterocycles. The summed E-state index contributed by atoms with van der Waals surface area (Å²) in [5.41, 5.74) is 4.50. The van der Waals surface area contributed by atoms with Crippen LogP contribution in [0.2, 0.25) is 0 Å². The number of rotatable bonds is 6. The fourth-order valence-electron chi connectivity index (χ4n) is 5.34. The molecular formula is C34H26Cl2F6S4Zr. The summed E-state index contributed by atoms with van der Waals surface area (Å²) in [5.74, 6) is 0. The van der Waals surface area contributed by atoms with Gasteiger partial charge in [0.2, 0.25) is 0 Å². The van der Waals surface area contributed by atoms with E-state index in [0.29, 0.717) is 11.1 Å². The first-order chi connectivity index (χ1) is 20.9. The largest absolute Gasteiger partial charge is 2.00 e. The third kappa shape index (κ3) is 8.76. The van der Waals surface area contributed by atoms with Crippen molar-refractivity contribution in [3.63, 3.8) is 0 Å². The maximum absolute atomic E-state index is 13.3. The van der Waals surface area contributed by atoms with Crippen molar-refractivity contribution >= 4 is 58.2 Å². The standard InChI is InChI=1S/2C17H13F3S2.2ClH.Zr/c2*1-21-10-7-12-13(9-16(22-2)14(12)8-10)11-5-3-4-6-15(11)17(18,19)20;;;/h2*3-9H,1-2H3;2*1H;/q;;;;+2/p-2.